The zero-order valence-electron chi connectivity index (χ0n) is 16.2. The Morgan fingerprint density at radius 3 is 0.833 bits per heavy atom. The first-order valence-corrected chi connectivity index (χ1v) is 8.24. The Bertz CT molecular complexity index is 74.5. The molecule has 0 atom stereocenters. The summed E-state index contributed by atoms with van der Waals surface area (Å²) in [5, 5.41) is 0. The first-order valence-electron chi connectivity index (χ1n) is 8.24. The Morgan fingerprint density at radius 1 is 0.722 bits per heavy atom. The van der Waals surface area contributed by atoms with Gasteiger partial charge in [-0.3, -0.25) is 0 Å². The van der Waals surface area contributed by atoms with Gasteiger partial charge in [-0.2, -0.15) is 0 Å². The Labute approximate surface area is 121 Å². The van der Waals surface area contributed by atoms with Crippen molar-refractivity contribution in [2.45, 2.75) is 109 Å². The van der Waals surface area contributed by atoms with Crippen molar-refractivity contribution in [1.29, 1.82) is 0 Å². The minimum Gasteiger partial charge on any atom is -0.0683 e. The lowest BCUT2D eigenvalue weighted by Crippen LogP contribution is -2.00. The smallest absolute Gasteiger partial charge is 0.0385 e. The van der Waals surface area contributed by atoms with Crippen LogP contribution in [0.5, 0.6) is 0 Å². The van der Waals surface area contributed by atoms with E-state index in [4.69, 9.17) is 0 Å². The summed E-state index contributed by atoms with van der Waals surface area (Å²) in [4.78, 5) is 0. The second kappa shape index (κ2) is 30.2. The molecule has 0 heteroatoms. The van der Waals surface area contributed by atoms with Crippen molar-refractivity contribution in [2.24, 2.45) is 11.3 Å². The normalized spacial score (nSPS) is 8.33. The maximum Gasteiger partial charge on any atom is -0.0385 e. The maximum atomic E-state index is 2.24. The fraction of sp³-hybridized carbons (Fsp3) is 1.00. The molecule has 0 fully saturated rings. The summed E-state index contributed by atoms with van der Waals surface area (Å²) in [7, 11) is 0. The largest absolute Gasteiger partial charge is 0.0683 e. The molecule has 0 aliphatic rings. The van der Waals surface area contributed by atoms with E-state index in [1.54, 1.807) is 0 Å². The average molecular weight is 263 g/mol. The highest BCUT2D eigenvalue weighted by Gasteiger charge is 2.03. The van der Waals surface area contributed by atoms with Gasteiger partial charge in [-0.15, -0.1) is 0 Å². The van der Waals surface area contributed by atoms with Crippen LogP contribution in [0.1, 0.15) is 109 Å². The summed E-state index contributed by atoms with van der Waals surface area (Å²) in [6.07, 6.45) is 3.83. The molecule has 0 amide bonds. The van der Waals surface area contributed by atoms with E-state index < -0.39 is 0 Å². The van der Waals surface area contributed by atoms with E-state index in [9.17, 15) is 0 Å². The Morgan fingerprint density at radius 2 is 0.833 bits per heavy atom. The van der Waals surface area contributed by atoms with Crippen LogP contribution in [0.2, 0.25) is 0 Å². The van der Waals surface area contributed by atoms with Gasteiger partial charge in [0.25, 0.3) is 0 Å². The third kappa shape index (κ3) is 144. The van der Waals surface area contributed by atoms with Crippen LogP contribution in [0, 0.1) is 11.3 Å². The van der Waals surface area contributed by atoms with Gasteiger partial charge in [0.15, 0.2) is 0 Å². The number of rotatable bonds is 1. The minimum absolute atomic E-state index is 0.542. The van der Waals surface area contributed by atoms with Gasteiger partial charge in [-0.1, -0.05) is 109 Å². The standard InChI is InChI=1S/C6H14.C5H12.C3H8.2C2H6/c1-5-6(2,3)4;1-4-5(2)3;1-3-2;2*1-2/h5H2,1-4H3;5H,4H2,1-3H3;3H2,1-2H3;2*1-2H3. The van der Waals surface area contributed by atoms with Gasteiger partial charge < -0.3 is 0 Å². The van der Waals surface area contributed by atoms with E-state index in [0.717, 1.165) is 5.92 Å². The van der Waals surface area contributed by atoms with Gasteiger partial charge in [-0.25, -0.2) is 0 Å². The second-order valence-electron chi connectivity index (χ2n) is 5.42. The van der Waals surface area contributed by atoms with Gasteiger partial charge in [0.1, 0.15) is 0 Å². The Balaban J connectivity index is -0.0000000426. The van der Waals surface area contributed by atoms with Gasteiger partial charge in [0.2, 0.25) is 0 Å². The van der Waals surface area contributed by atoms with Crippen LogP contribution in [-0.2, 0) is 0 Å². The molecule has 18 heavy (non-hydrogen) atoms. The van der Waals surface area contributed by atoms with E-state index in [2.05, 4.69) is 62.3 Å². The highest BCUT2D eigenvalue weighted by Crippen LogP contribution is 2.16. The maximum absolute atomic E-state index is 2.24. The molecule has 0 aromatic rings. The molecular formula is C18H46. The summed E-state index contributed by atoms with van der Waals surface area (Å²) >= 11 is 0. The lowest BCUT2D eigenvalue weighted by Gasteiger charge is -2.12. The first kappa shape index (κ1) is 30.8. The van der Waals surface area contributed by atoms with Gasteiger partial charge in [0, 0.05) is 0 Å². The molecule has 0 saturated carbocycles. The molecule has 0 aromatic carbocycles. The van der Waals surface area contributed by atoms with Crippen LogP contribution in [0.3, 0.4) is 0 Å². The molecule has 118 valence electrons. The average Bonchev–Trinajstić information content (AvgIpc) is 2.35. The van der Waals surface area contributed by atoms with Crippen molar-refractivity contribution in [3.63, 3.8) is 0 Å². The molecule has 0 radical (unpaired) electrons. The predicted octanol–water partition coefficient (Wildman–Crippen LogP) is 7.96. The van der Waals surface area contributed by atoms with Gasteiger partial charge >= 0.3 is 0 Å². The molecule has 0 saturated heterocycles. The fourth-order valence-electron chi connectivity index (χ4n) is 0. The molecule has 0 bridgehead atoms. The van der Waals surface area contributed by atoms with E-state index in [1.807, 2.05) is 27.7 Å². The molecule has 0 nitrogen and oxygen atoms in total. The Hall–Kier alpha value is 0. The summed E-state index contributed by atoms with van der Waals surface area (Å²) in [5.74, 6) is 0.884. The molecule has 0 aromatic heterocycles. The van der Waals surface area contributed by atoms with Crippen LogP contribution in [0.25, 0.3) is 0 Å². The van der Waals surface area contributed by atoms with Crippen molar-refractivity contribution >= 4 is 0 Å². The monoisotopic (exact) mass is 262 g/mol. The lowest BCUT2D eigenvalue weighted by molar-refractivity contribution is 0.398. The second-order valence-corrected chi connectivity index (χ2v) is 5.42. The van der Waals surface area contributed by atoms with Crippen LogP contribution in [-0.4, -0.2) is 0 Å². The number of hydrogen-bond donors (Lipinski definition) is 0. The zero-order chi connectivity index (χ0) is 16.2. The molecule has 0 unspecified atom stereocenters. The quantitative estimate of drug-likeness (QED) is 0.449. The molecular weight excluding hydrogens is 216 g/mol. The number of hydrogen-bond acceptors (Lipinski definition) is 0. The summed E-state index contributed by atoms with van der Waals surface area (Å²) in [6.45, 7) is 27.8. The minimum atomic E-state index is 0.542. The molecule has 0 aliphatic heterocycles. The van der Waals surface area contributed by atoms with Crippen LogP contribution in [0.15, 0.2) is 0 Å². The summed E-state index contributed by atoms with van der Waals surface area (Å²) < 4.78 is 0. The van der Waals surface area contributed by atoms with Crippen molar-refractivity contribution in [2.75, 3.05) is 0 Å². The van der Waals surface area contributed by atoms with Crippen LogP contribution in [0.4, 0.5) is 0 Å². The SMILES string of the molecule is CC.CC.CCC.CCC(C)(C)C.CCC(C)C. The third-order valence-electron chi connectivity index (χ3n) is 1.88. The third-order valence-corrected chi connectivity index (χ3v) is 1.88. The Kier molecular flexibility index (Phi) is 51.7. The van der Waals surface area contributed by atoms with Crippen molar-refractivity contribution < 1.29 is 0 Å². The highest BCUT2D eigenvalue weighted by atomic mass is 14.1. The molecule has 0 N–H and O–H groups in total. The van der Waals surface area contributed by atoms with Crippen LogP contribution < -0.4 is 0 Å². The topological polar surface area (TPSA) is 0 Å². The lowest BCUT2D eigenvalue weighted by atomic mass is 9.94. The van der Waals surface area contributed by atoms with Crippen LogP contribution >= 0.6 is 0 Å². The fourth-order valence-corrected chi connectivity index (χ4v) is 0. The first-order chi connectivity index (χ1) is 8.24. The van der Waals surface area contributed by atoms with Gasteiger partial charge in [-0.05, 0) is 11.3 Å². The summed E-state index contributed by atoms with van der Waals surface area (Å²) in [6, 6.07) is 0. The van der Waals surface area contributed by atoms with Crippen molar-refractivity contribution in [3.8, 4) is 0 Å². The van der Waals surface area contributed by atoms with Gasteiger partial charge in [0.05, 0.1) is 0 Å². The molecule has 0 spiro atoms. The van der Waals surface area contributed by atoms with E-state index in [0.29, 0.717) is 5.41 Å². The molecule has 0 aliphatic carbocycles. The highest BCUT2D eigenvalue weighted by molar-refractivity contribution is 4.55. The molecule has 0 rings (SSSR count). The van der Waals surface area contributed by atoms with Crippen molar-refractivity contribution in [3.05, 3.63) is 0 Å². The predicted molar refractivity (Wildman–Crippen MR) is 93.5 cm³/mol. The van der Waals surface area contributed by atoms with E-state index in [-0.39, 0.29) is 0 Å². The summed E-state index contributed by atoms with van der Waals surface area (Å²) in [5.41, 5.74) is 0.542. The van der Waals surface area contributed by atoms with E-state index >= 15 is 0 Å². The van der Waals surface area contributed by atoms with E-state index in [1.165, 1.54) is 19.3 Å². The molecule has 0 heterocycles. The van der Waals surface area contributed by atoms with Crippen molar-refractivity contribution in [1.82, 2.24) is 0 Å². The zero-order valence-corrected chi connectivity index (χ0v) is 16.2.